The topological polar surface area (TPSA) is 0 Å². The lowest BCUT2D eigenvalue weighted by molar-refractivity contribution is -0.125. The first kappa shape index (κ1) is 9.14. The molecule has 0 heterocycles. The molecule has 9 heavy (non-hydrogen) atoms. The van der Waals surface area contributed by atoms with E-state index in [4.69, 9.17) is 0 Å². The Kier molecular flexibility index (Phi) is 2.86. The van der Waals surface area contributed by atoms with E-state index in [1.807, 2.05) is 0 Å². The fourth-order valence-corrected chi connectivity index (χ4v) is 0.802. The van der Waals surface area contributed by atoms with Crippen LogP contribution in [0.15, 0.2) is 0 Å². The van der Waals surface area contributed by atoms with Gasteiger partial charge in [0.25, 0.3) is 0 Å². The summed E-state index contributed by atoms with van der Waals surface area (Å²) < 4.78 is 35.1. The second kappa shape index (κ2) is 2.82. The van der Waals surface area contributed by atoms with E-state index >= 15 is 0 Å². The molecule has 1 unspecified atom stereocenters. The molecule has 0 spiro atoms. The molecule has 0 nitrogen and oxygen atoms in total. The normalized spacial score (nSPS) is 16.3. The quantitative estimate of drug-likeness (QED) is 0.512. The van der Waals surface area contributed by atoms with Gasteiger partial charge in [-0.3, -0.25) is 0 Å². The highest BCUT2D eigenvalue weighted by Crippen LogP contribution is 2.24. The van der Waals surface area contributed by atoms with Crippen molar-refractivity contribution in [2.24, 2.45) is 0 Å². The largest absolute Gasteiger partial charge is 0.435 e. The third-order valence-corrected chi connectivity index (χ3v) is 2.85. The number of rotatable bonds is 1. The van der Waals surface area contributed by atoms with Crippen LogP contribution >= 0.6 is 0 Å². The van der Waals surface area contributed by atoms with Gasteiger partial charge in [-0.1, -0.05) is 0 Å². The molecule has 0 aliphatic rings. The molecular formula is C5H10F3S+. The van der Waals surface area contributed by atoms with Gasteiger partial charge < -0.3 is 0 Å². The Labute approximate surface area is 55.8 Å². The monoisotopic (exact) mass is 159 g/mol. The zero-order chi connectivity index (χ0) is 7.65. The van der Waals surface area contributed by atoms with E-state index in [1.165, 1.54) is 6.92 Å². The first-order chi connectivity index (χ1) is 3.85. The van der Waals surface area contributed by atoms with Crippen LogP contribution in [0.5, 0.6) is 0 Å². The molecule has 0 saturated heterocycles. The maximum atomic E-state index is 11.7. The molecule has 1 atom stereocenters. The number of halogens is 3. The van der Waals surface area contributed by atoms with E-state index in [9.17, 15) is 13.2 Å². The molecule has 0 aromatic carbocycles. The fraction of sp³-hybridized carbons (Fsp3) is 1.00. The summed E-state index contributed by atoms with van der Waals surface area (Å²) in [6.45, 7) is 1.21. The number of hydrogen-bond donors (Lipinski definition) is 0. The van der Waals surface area contributed by atoms with Crippen molar-refractivity contribution in [3.63, 3.8) is 0 Å². The van der Waals surface area contributed by atoms with E-state index in [2.05, 4.69) is 0 Å². The van der Waals surface area contributed by atoms with Crippen LogP contribution in [0.25, 0.3) is 0 Å². The van der Waals surface area contributed by atoms with Gasteiger partial charge in [-0.25, -0.2) is 0 Å². The van der Waals surface area contributed by atoms with E-state index in [1.54, 1.807) is 12.5 Å². The van der Waals surface area contributed by atoms with Crippen LogP contribution in [-0.4, -0.2) is 23.9 Å². The Morgan fingerprint density at radius 3 is 1.56 bits per heavy atom. The molecule has 0 aromatic heterocycles. The standard InChI is InChI=1S/C5H10F3S/c1-4(9(2)3)5(6,7)8/h4H,1-3H3/q+1. The molecule has 0 amide bonds. The van der Waals surface area contributed by atoms with Gasteiger partial charge in [0.15, 0.2) is 0 Å². The molecule has 0 saturated carbocycles. The van der Waals surface area contributed by atoms with Crippen molar-refractivity contribution in [3.05, 3.63) is 0 Å². The van der Waals surface area contributed by atoms with Crippen molar-refractivity contribution in [1.29, 1.82) is 0 Å². The Morgan fingerprint density at radius 1 is 1.22 bits per heavy atom. The fourth-order valence-electron chi connectivity index (χ4n) is 0.267. The molecular weight excluding hydrogens is 149 g/mol. The Balaban J connectivity index is 3.88. The first-order valence-corrected chi connectivity index (χ1v) is 4.59. The molecule has 0 rings (SSSR count). The van der Waals surface area contributed by atoms with Crippen molar-refractivity contribution < 1.29 is 13.2 Å². The maximum absolute atomic E-state index is 11.7. The van der Waals surface area contributed by atoms with Crippen LogP contribution in [0.4, 0.5) is 13.2 Å². The molecule has 56 valence electrons. The van der Waals surface area contributed by atoms with Gasteiger partial charge in [0.2, 0.25) is 5.25 Å². The lowest BCUT2D eigenvalue weighted by Crippen LogP contribution is -2.32. The third kappa shape index (κ3) is 2.98. The number of alkyl halides is 3. The SMILES string of the molecule is CC([S+](C)C)C(F)(F)F. The van der Waals surface area contributed by atoms with Gasteiger partial charge in [0.1, 0.15) is 0 Å². The highest BCUT2D eigenvalue weighted by molar-refractivity contribution is 7.96. The Morgan fingerprint density at radius 2 is 1.56 bits per heavy atom. The summed E-state index contributed by atoms with van der Waals surface area (Å²) in [5, 5.41) is -1.16. The van der Waals surface area contributed by atoms with Gasteiger partial charge >= 0.3 is 6.18 Å². The van der Waals surface area contributed by atoms with Gasteiger partial charge in [-0.15, -0.1) is 0 Å². The third-order valence-electron chi connectivity index (χ3n) is 1.17. The molecule has 0 fully saturated rings. The summed E-state index contributed by atoms with van der Waals surface area (Å²) in [5.41, 5.74) is 0. The second-order valence-electron chi connectivity index (χ2n) is 2.06. The zero-order valence-electron chi connectivity index (χ0n) is 5.62. The average Bonchev–Trinajstić information content (AvgIpc) is 1.62. The van der Waals surface area contributed by atoms with Gasteiger partial charge in [-0.05, 0) is 17.8 Å². The van der Waals surface area contributed by atoms with Crippen LogP contribution in [-0.2, 0) is 10.9 Å². The molecule has 0 radical (unpaired) electrons. The van der Waals surface area contributed by atoms with Crippen molar-refractivity contribution in [1.82, 2.24) is 0 Å². The predicted molar refractivity (Wildman–Crippen MR) is 34.7 cm³/mol. The lowest BCUT2D eigenvalue weighted by atomic mass is 10.5. The summed E-state index contributed by atoms with van der Waals surface area (Å²) in [7, 11) is -0.555. The van der Waals surface area contributed by atoms with Gasteiger partial charge in [-0.2, -0.15) is 13.2 Å². The molecule has 0 N–H and O–H groups in total. The minimum absolute atomic E-state index is 0.555. The van der Waals surface area contributed by atoms with Crippen molar-refractivity contribution in [3.8, 4) is 0 Å². The molecule has 4 heteroatoms. The van der Waals surface area contributed by atoms with Crippen LogP contribution in [0.3, 0.4) is 0 Å². The summed E-state index contributed by atoms with van der Waals surface area (Å²) in [6, 6.07) is 0. The van der Waals surface area contributed by atoms with Crippen LogP contribution in [0.1, 0.15) is 6.92 Å². The Bertz CT molecular complexity index is 86.7. The van der Waals surface area contributed by atoms with E-state index in [-0.39, 0.29) is 0 Å². The minimum Gasteiger partial charge on any atom is -0.166 e. The second-order valence-corrected chi connectivity index (χ2v) is 4.53. The molecule has 0 aliphatic carbocycles. The highest BCUT2D eigenvalue weighted by atomic mass is 32.2. The van der Waals surface area contributed by atoms with Crippen LogP contribution in [0.2, 0.25) is 0 Å². The first-order valence-electron chi connectivity index (χ1n) is 2.49. The van der Waals surface area contributed by atoms with E-state index in [0.717, 1.165) is 0 Å². The zero-order valence-corrected chi connectivity index (χ0v) is 6.44. The maximum Gasteiger partial charge on any atom is 0.435 e. The van der Waals surface area contributed by atoms with Crippen molar-refractivity contribution in [2.45, 2.75) is 18.3 Å². The van der Waals surface area contributed by atoms with Crippen molar-refractivity contribution >= 4 is 10.9 Å². The van der Waals surface area contributed by atoms with Gasteiger partial charge in [0.05, 0.1) is 12.5 Å². The minimum atomic E-state index is -4.01. The Hall–Kier alpha value is 0.140. The van der Waals surface area contributed by atoms with E-state index in [0.29, 0.717) is 0 Å². The van der Waals surface area contributed by atoms with Crippen molar-refractivity contribution in [2.75, 3.05) is 12.5 Å². The smallest absolute Gasteiger partial charge is 0.166 e. The predicted octanol–water partition coefficient (Wildman–Crippen LogP) is 1.82. The molecule has 0 aromatic rings. The lowest BCUT2D eigenvalue weighted by Gasteiger charge is -2.11. The van der Waals surface area contributed by atoms with Crippen LogP contribution in [0, 0.1) is 0 Å². The summed E-state index contributed by atoms with van der Waals surface area (Å²) in [4.78, 5) is 0. The highest BCUT2D eigenvalue weighted by Gasteiger charge is 2.44. The molecule has 0 aliphatic heterocycles. The summed E-state index contributed by atoms with van der Waals surface area (Å²) >= 11 is 0. The molecule has 0 bridgehead atoms. The van der Waals surface area contributed by atoms with E-state index < -0.39 is 22.3 Å². The summed E-state index contributed by atoms with van der Waals surface area (Å²) in [6.07, 6.45) is -0.817. The average molecular weight is 159 g/mol. The summed E-state index contributed by atoms with van der Waals surface area (Å²) in [5.74, 6) is 0. The number of hydrogen-bond acceptors (Lipinski definition) is 0. The van der Waals surface area contributed by atoms with Gasteiger partial charge in [0, 0.05) is 0 Å². The van der Waals surface area contributed by atoms with Crippen LogP contribution < -0.4 is 0 Å².